The van der Waals surface area contributed by atoms with Gasteiger partial charge in [-0.1, -0.05) is 35.9 Å². The van der Waals surface area contributed by atoms with E-state index in [4.69, 9.17) is 30.5 Å². The molecule has 15 nitrogen and oxygen atoms in total. The van der Waals surface area contributed by atoms with Crippen LogP contribution in [0.5, 0.6) is 5.75 Å². The molecule has 4 N–H and O–H groups in total. The molecule has 4 heterocycles. The number of carbonyl (C=O) groups is 4. The predicted molar refractivity (Wildman–Crippen MR) is 208 cm³/mol. The Morgan fingerprint density at radius 3 is 2.32 bits per heavy atom. The van der Waals surface area contributed by atoms with Gasteiger partial charge in [-0.15, -0.1) is 0 Å². The summed E-state index contributed by atoms with van der Waals surface area (Å²) in [5, 5.41) is 10.3. The maximum absolute atomic E-state index is 13.2. The number of benzene rings is 3. The second-order valence-electron chi connectivity index (χ2n) is 12.9. The standard InChI is InChI=1S/C40H40ClN7O8/c41-30-6-2-1-4-26(30)23-43-36-29-22-32(46-37(29)45-24-44-36)25-8-10-27(11-9-25)56-21-20-55-19-18-54-17-16-53-15-14-42-31-7-3-5-28-35(31)40(52)48(39(28)51)33-12-13-34(49)47-38(33)50/h1-11,22,24,33,42H,12-21,23H2,(H,47,49,50)(H2,43,44,45,46). The van der Waals surface area contributed by atoms with E-state index in [1.165, 1.54) is 6.33 Å². The SMILES string of the molecule is O=C1CCC(N2C(=O)c3cccc(NCCOCCOCCOCCOc4ccc(-c5cc6c(NCc7ccccc7Cl)ncnc6[nH]5)cc4)c3C2=O)C(=O)N1. The summed E-state index contributed by atoms with van der Waals surface area (Å²) in [5.41, 5.74) is 4.50. The van der Waals surface area contributed by atoms with E-state index in [0.29, 0.717) is 70.0 Å². The normalized spacial score (nSPS) is 15.3. The first-order chi connectivity index (χ1) is 27.4. The Hall–Kier alpha value is -5.87. The van der Waals surface area contributed by atoms with Crippen LogP contribution in [0.1, 0.15) is 39.1 Å². The van der Waals surface area contributed by atoms with Crippen LogP contribution in [0.4, 0.5) is 11.5 Å². The minimum absolute atomic E-state index is 0.0635. The monoisotopic (exact) mass is 781 g/mol. The van der Waals surface area contributed by atoms with Gasteiger partial charge in [-0.3, -0.25) is 29.4 Å². The molecule has 0 bridgehead atoms. The number of halogens is 1. The van der Waals surface area contributed by atoms with Gasteiger partial charge in [0.1, 0.15) is 36.2 Å². The molecular weight excluding hydrogens is 742 g/mol. The van der Waals surface area contributed by atoms with Crippen LogP contribution in [0, 0.1) is 0 Å². The van der Waals surface area contributed by atoms with Crippen LogP contribution in [0.2, 0.25) is 5.02 Å². The number of amides is 4. The number of carbonyl (C=O) groups excluding carboxylic acids is 4. The van der Waals surface area contributed by atoms with Crippen LogP contribution in [0.15, 0.2) is 79.1 Å². The van der Waals surface area contributed by atoms with Crippen molar-refractivity contribution in [1.29, 1.82) is 0 Å². The first kappa shape index (κ1) is 38.4. The third-order valence-electron chi connectivity index (χ3n) is 9.27. The van der Waals surface area contributed by atoms with E-state index < -0.39 is 29.7 Å². The van der Waals surface area contributed by atoms with Crippen LogP contribution in [-0.2, 0) is 30.3 Å². The van der Waals surface area contributed by atoms with Crippen molar-refractivity contribution in [3.63, 3.8) is 0 Å². The predicted octanol–water partition coefficient (Wildman–Crippen LogP) is 4.83. The van der Waals surface area contributed by atoms with Gasteiger partial charge in [0.2, 0.25) is 11.8 Å². The van der Waals surface area contributed by atoms with Crippen LogP contribution >= 0.6 is 11.6 Å². The fourth-order valence-electron chi connectivity index (χ4n) is 6.47. The first-order valence-corrected chi connectivity index (χ1v) is 18.6. The number of hydrogen-bond acceptors (Lipinski definition) is 12. The highest BCUT2D eigenvalue weighted by atomic mass is 35.5. The van der Waals surface area contributed by atoms with E-state index in [-0.39, 0.29) is 24.0 Å². The molecule has 2 aliphatic heterocycles. The van der Waals surface area contributed by atoms with Crippen molar-refractivity contribution in [3.05, 3.63) is 101 Å². The summed E-state index contributed by atoms with van der Waals surface area (Å²) >= 11 is 6.31. The van der Waals surface area contributed by atoms with Crippen LogP contribution < -0.4 is 20.7 Å². The van der Waals surface area contributed by atoms with E-state index in [2.05, 4.69) is 30.9 Å². The zero-order chi connectivity index (χ0) is 38.9. The summed E-state index contributed by atoms with van der Waals surface area (Å²) in [6, 6.07) is 21.4. The van der Waals surface area contributed by atoms with Crippen molar-refractivity contribution < 1.29 is 38.1 Å². The number of ether oxygens (including phenoxy) is 4. The van der Waals surface area contributed by atoms with Crippen molar-refractivity contribution in [1.82, 2.24) is 25.2 Å². The molecular formula is C40H40ClN7O8. The van der Waals surface area contributed by atoms with Gasteiger partial charge in [0.05, 0.1) is 56.2 Å². The van der Waals surface area contributed by atoms with Crippen molar-refractivity contribution in [2.75, 3.05) is 63.4 Å². The summed E-state index contributed by atoms with van der Waals surface area (Å²) in [6.45, 7) is 3.59. The van der Waals surface area contributed by atoms with Crippen molar-refractivity contribution in [2.45, 2.75) is 25.4 Å². The fraction of sp³-hybridized carbons (Fsp3) is 0.300. The van der Waals surface area contributed by atoms with Crippen LogP contribution in [-0.4, -0.2) is 102 Å². The summed E-state index contributed by atoms with van der Waals surface area (Å²) in [5.74, 6) is -0.727. The highest BCUT2D eigenvalue weighted by Crippen LogP contribution is 2.33. The Bertz CT molecular complexity index is 2210. The number of imide groups is 2. The van der Waals surface area contributed by atoms with E-state index in [0.717, 1.165) is 44.3 Å². The maximum Gasteiger partial charge on any atom is 0.264 e. The zero-order valence-corrected chi connectivity index (χ0v) is 31.1. The minimum atomic E-state index is -1.01. The van der Waals surface area contributed by atoms with E-state index in [1.54, 1.807) is 18.2 Å². The molecule has 1 fully saturated rings. The average Bonchev–Trinajstić information content (AvgIpc) is 3.75. The molecule has 2 aliphatic rings. The summed E-state index contributed by atoms with van der Waals surface area (Å²) < 4.78 is 22.7. The summed E-state index contributed by atoms with van der Waals surface area (Å²) in [6.07, 6.45) is 1.69. The highest BCUT2D eigenvalue weighted by Gasteiger charge is 2.45. The lowest BCUT2D eigenvalue weighted by Crippen LogP contribution is -2.54. The quantitative estimate of drug-likeness (QED) is 0.0662. The second-order valence-corrected chi connectivity index (χ2v) is 13.3. The van der Waals surface area contributed by atoms with E-state index in [9.17, 15) is 19.2 Å². The van der Waals surface area contributed by atoms with Gasteiger partial charge >= 0.3 is 0 Å². The lowest BCUT2D eigenvalue weighted by atomic mass is 10.0. The van der Waals surface area contributed by atoms with Gasteiger partial charge in [0.25, 0.3) is 11.8 Å². The molecule has 5 aromatic rings. The molecule has 1 saturated heterocycles. The van der Waals surface area contributed by atoms with Crippen molar-refractivity contribution >= 4 is 57.8 Å². The molecule has 0 spiro atoms. The number of nitrogens with one attached hydrogen (secondary N) is 4. The van der Waals surface area contributed by atoms with E-state index >= 15 is 0 Å². The maximum atomic E-state index is 13.2. The number of fused-ring (bicyclic) bond motifs is 2. The minimum Gasteiger partial charge on any atom is -0.491 e. The molecule has 2 aromatic heterocycles. The highest BCUT2D eigenvalue weighted by molar-refractivity contribution is 6.31. The fourth-order valence-corrected chi connectivity index (χ4v) is 6.67. The smallest absolute Gasteiger partial charge is 0.264 e. The van der Waals surface area contributed by atoms with Gasteiger partial charge in [-0.05, 0) is 66.1 Å². The molecule has 0 radical (unpaired) electrons. The third kappa shape index (κ3) is 8.98. The number of nitrogens with zero attached hydrogens (tertiary/aromatic N) is 3. The molecule has 0 aliphatic carbocycles. The average molecular weight is 782 g/mol. The number of aromatic nitrogens is 3. The van der Waals surface area contributed by atoms with Gasteiger partial charge < -0.3 is 34.6 Å². The lowest BCUT2D eigenvalue weighted by molar-refractivity contribution is -0.136. The molecule has 16 heteroatoms. The Balaban J connectivity index is 0.747. The second kappa shape index (κ2) is 18.2. The Morgan fingerprint density at radius 1 is 0.804 bits per heavy atom. The Kier molecular flexibility index (Phi) is 12.5. The molecule has 1 unspecified atom stereocenters. The molecule has 1 atom stereocenters. The molecule has 290 valence electrons. The largest absolute Gasteiger partial charge is 0.491 e. The molecule has 56 heavy (non-hydrogen) atoms. The molecule has 3 aromatic carbocycles. The number of rotatable bonds is 19. The van der Waals surface area contributed by atoms with Crippen molar-refractivity contribution in [2.24, 2.45) is 0 Å². The molecule has 7 rings (SSSR count). The van der Waals surface area contributed by atoms with Gasteiger partial charge in [-0.2, -0.15) is 0 Å². The lowest BCUT2D eigenvalue weighted by Gasteiger charge is -2.27. The summed E-state index contributed by atoms with van der Waals surface area (Å²) in [4.78, 5) is 63.2. The van der Waals surface area contributed by atoms with Gasteiger partial charge in [0.15, 0.2) is 0 Å². The Labute approximate surface area is 327 Å². The topological polar surface area (TPSA) is 186 Å². The van der Waals surface area contributed by atoms with Crippen molar-refractivity contribution in [3.8, 4) is 17.0 Å². The number of H-pyrrole nitrogens is 1. The molecule has 4 amide bonds. The molecule has 0 saturated carbocycles. The third-order valence-corrected chi connectivity index (χ3v) is 9.63. The van der Waals surface area contributed by atoms with Gasteiger partial charge in [0, 0.05) is 35.9 Å². The van der Waals surface area contributed by atoms with Crippen LogP contribution in [0.3, 0.4) is 0 Å². The first-order valence-electron chi connectivity index (χ1n) is 18.2. The summed E-state index contributed by atoms with van der Waals surface area (Å²) in [7, 11) is 0. The number of piperidine rings is 1. The number of aromatic amines is 1. The zero-order valence-electron chi connectivity index (χ0n) is 30.3. The van der Waals surface area contributed by atoms with Gasteiger partial charge in [-0.25, -0.2) is 9.97 Å². The number of anilines is 2. The Morgan fingerprint density at radius 2 is 1.55 bits per heavy atom. The van der Waals surface area contributed by atoms with Crippen LogP contribution in [0.25, 0.3) is 22.3 Å². The number of hydrogen-bond donors (Lipinski definition) is 4. The van der Waals surface area contributed by atoms with E-state index in [1.807, 2.05) is 54.6 Å².